The highest BCUT2D eigenvalue weighted by Crippen LogP contribution is 2.42. The van der Waals surface area contributed by atoms with E-state index in [4.69, 9.17) is 0 Å². The van der Waals surface area contributed by atoms with E-state index >= 15 is 0 Å². The van der Waals surface area contributed by atoms with Crippen LogP contribution < -0.4 is 0 Å². The number of benzene rings is 1. The van der Waals surface area contributed by atoms with E-state index in [1.54, 1.807) is 25.1 Å². The van der Waals surface area contributed by atoms with Crippen molar-refractivity contribution >= 4 is 0 Å². The minimum absolute atomic E-state index is 0.0102. The van der Waals surface area contributed by atoms with Crippen LogP contribution in [0.2, 0.25) is 0 Å². The van der Waals surface area contributed by atoms with E-state index in [2.05, 4.69) is 0 Å². The van der Waals surface area contributed by atoms with Gasteiger partial charge in [0.15, 0.2) is 0 Å². The van der Waals surface area contributed by atoms with E-state index in [9.17, 15) is 13.9 Å². The second-order valence-electron chi connectivity index (χ2n) is 4.82. The molecule has 17 heavy (non-hydrogen) atoms. The highest BCUT2D eigenvalue weighted by atomic mass is 19.3. The topological polar surface area (TPSA) is 20.2 Å². The van der Waals surface area contributed by atoms with Crippen LogP contribution in [0.3, 0.4) is 0 Å². The fourth-order valence-corrected chi connectivity index (χ4v) is 2.24. The molecule has 0 bridgehead atoms. The number of allylic oxidation sites excluding steroid dienone is 1. The molecule has 1 atom stereocenters. The molecule has 1 unspecified atom stereocenters. The maximum atomic E-state index is 14.2. The van der Waals surface area contributed by atoms with Crippen LogP contribution in [0.1, 0.15) is 31.7 Å². The Morgan fingerprint density at radius 3 is 2.47 bits per heavy atom. The average molecular weight is 238 g/mol. The highest BCUT2D eigenvalue weighted by molar-refractivity contribution is 5.32. The smallest absolute Gasteiger partial charge is 0.294 e. The molecule has 1 aromatic rings. The minimum atomic E-state index is -2.98. The lowest BCUT2D eigenvalue weighted by atomic mass is 9.84. The van der Waals surface area contributed by atoms with E-state index in [1.165, 1.54) is 18.2 Å². The van der Waals surface area contributed by atoms with E-state index in [0.717, 1.165) is 0 Å². The summed E-state index contributed by atoms with van der Waals surface area (Å²) in [6, 6.07) is 7.76. The van der Waals surface area contributed by atoms with Crippen molar-refractivity contribution in [1.82, 2.24) is 0 Å². The number of rotatable bonds is 2. The van der Waals surface area contributed by atoms with Crippen LogP contribution in [0, 0.1) is 0 Å². The van der Waals surface area contributed by atoms with Crippen LogP contribution >= 0.6 is 0 Å². The molecular weight excluding hydrogens is 222 g/mol. The van der Waals surface area contributed by atoms with Gasteiger partial charge in [-0.25, -0.2) is 0 Å². The molecule has 3 heteroatoms. The third kappa shape index (κ3) is 2.55. The van der Waals surface area contributed by atoms with Crippen molar-refractivity contribution in [2.75, 3.05) is 0 Å². The first-order valence-electron chi connectivity index (χ1n) is 5.80. The maximum absolute atomic E-state index is 14.2. The maximum Gasteiger partial charge on any atom is 0.294 e. The summed E-state index contributed by atoms with van der Waals surface area (Å²) in [6.45, 7) is 1.58. The Morgan fingerprint density at radius 2 is 1.88 bits per heavy atom. The first-order chi connectivity index (χ1) is 7.92. The Labute approximate surface area is 99.8 Å². The predicted molar refractivity (Wildman–Crippen MR) is 62.9 cm³/mol. The van der Waals surface area contributed by atoms with Gasteiger partial charge in [0.1, 0.15) is 0 Å². The van der Waals surface area contributed by atoms with Crippen molar-refractivity contribution in [2.24, 2.45) is 0 Å². The zero-order chi connectivity index (χ0) is 12.5. The van der Waals surface area contributed by atoms with Gasteiger partial charge >= 0.3 is 0 Å². The lowest BCUT2D eigenvalue weighted by Crippen LogP contribution is -2.29. The lowest BCUT2D eigenvalue weighted by molar-refractivity contribution is 0.0197. The fourth-order valence-electron chi connectivity index (χ4n) is 2.24. The molecule has 1 aliphatic carbocycles. The van der Waals surface area contributed by atoms with Crippen molar-refractivity contribution in [1.29, 1.82) is 0 Å². The van der Waals surface area contributed by atoms with E-state index in [-0.39, 0.29) is 11.1 Å². The standard InChI is InChI=1S/C14H16F2O/c1-13(17)9-5-8-12(10-13)14(15,16)11-6-3-2-4-7-11/h2-4,6-7,10,17H,5,8-9H2,1H3. The van der Waals surface area contributed by atoms with Crippen molar-refractivity contribution in [3.8, 4) is 0 Å². The first-order valence-corrected chi connectivity index (χ1v) is 5.80. The molecule has 0 saturated heterocycles. The lowest BCUT2D eigenvalue weighted by Gasteiger charge is -2.30. The molecule has 0 aliphatic heterocycles. The Hall–Kier alpha value is -1.22. The summed E-state index contributed by atoms with van der Waals surface area (Å²) in [6.07, 6.45) is 2.81. The molecule has 0 amide bonds. The summed E-state index contributed by atoms with van der Waals surface area (Å²) in [5.74, 6) is -2.98. The quantitative estimate of drug-likeness (QED) is 0.780. The SMILES string of the molecule is CC1(O)C=C(C(F)(F)c2ccccc2)CCC1. The normalized spacial score (nSPS) is 25.5. The summed E-state index contributed by atoms with van der Waals surface area (Å²) >= 11 is 0. The van der Waals surface area contributed by atoms with Gasteiger partial charge in [-0.2, -0.15) is 8.78 Å². The molecule has 0 saturated carbocycles. The Bertz CT molecular complexity index is 421. The van der Waals surface area contributed by atoms with Crippen LogP contribution in [0.5, 0.6) is 0 Å². The van der Waals surface area contributed by atoms with Crippen LogP contribution in [-0.2, 0) is 5.92 Å². The van der Waals surface area contributed by atoms with E-state index in [1.807, 2.05) is 0 Å². The van der Waals surface area contributed by atoms with Gasteiger partial charge in [0.05, 0.1) is 5.60 Å². The van der Waals surface area contributed by atoms with Crippen molar-refractivity contribution in [2.45, 2.75) is 37.7 Å². The summed E-state index contributed by atoms with van der Waals surface area (Å²) in [7, 11) is 0. The molecule has 1 nitrogen and oxygen atoms in total. The Balaban J connectivity index is 2.36. The van der Waals surface area contributed by atoms with E-state index < -0.39 is 11.5 Å². The zero-order valence-electron chi connectivity index (χ0n) is 9.79. The van der Waals surface area contributed by atoms with Gasteiger partial charge in [-0.05, 0) is 32.3 Å². The van der Waals surface area contributed by atoms with Crippen LogP contribution in [0.15, 0.2) is 42.0 Å². The van der Waals surface area contributed by atoms with Gasteiger partial charge in [0.25, 0.3) is 5.92 Å². The molecule has 0 fully saturated rings. The molecular formula is C14H16F2O. The van der Waals surface area contributed by atoms with Gasteiger partial charge in [-0.15, -0.1) is 0 Å². The molecule has 2 rings (SSSR count). The second-order valence-corrected chi connectivity index (χ2v) is 4.82. The van der Waals surface area contributed by atoms with Gasteiger partial charge in [-0.3, -0.25) is 0 Å². The minimum Gasteiger partial charge on any atom is -0.386 e. The summed E-state index contributed by atoms with van der Waals surface area (Å²) < 4.78 is 28.4. The molecule has 92 valence electrons. The molecule has 1 N–H and O–H groups in total. The molecule has 1 aromatic carbocycles. The van der Waals surface area contributed by atoms with Crippen molar-refractivity contribution in [3.63, 3.8) is 0 Å². The number of aliphatic hydroxyl groups is 1. The monoisotopic (exact) mass is 238 g/mol. The first kappa shape index (κ1) is 12.2. The predicted octanol–water partition coefficient (Wildman–Crippen LogP) is 3.64. The third-order valence-electron chi connectivity index (χ3n) is 3.15. The van der Waals surface area contributed by atoms with Gasteiger partial charge < -0.3 is 5.11 Å². The molecule has 0 radical (unpaired) electrons. The zero-order valence-corrected chi connectivity index (χ0v) is 9.79. The van der Waals surface area contributed by atoms with Gasteiger partial charge in [0.2, 0.25) is 0 Å². The number of hydrogen-bond acceptors (Lipinski definition) is 1. The van der Waals surface area contributed by atoms with Crippen LogP contribution in [0.25, 0.3) is 0 Å². The van der Waals surface area contributed by atoms with Crippen molar-refractivity contribution in [3.05, 3.63) is 47.5 Å². The fraction of sp³-hybridized carbons (Fsp3) is 0.429. The summed E-state index contributed by atoms with van der Waals surface area (Å²) in [5.41, 5.74) is -1.09. The molecule has 0 heterocycles. The van der Waals surface area contributed by atoms with Crippen molar-refractivity contribution < 1.29 is 13.9 Å². The Morgan fingerprint density at radius 1 is 1.24 bits per heavy atom. The molecule has 0 aromatic heterocycles. The number of alkyl halides is 2. The summed E-state index contributed by atoms with van der Waals surface area (Å²) in [5, 5.41) is 9.85. The summed E-state index contributed by atoms with van der Waals surface area (Å²) in [4.78, 5) is 0. The molecule has 0 spiro atoms. The number of hydrogen-bond donors (Lipinski definition) is 1. The number of halogens is 2. The highest BCUT2D eigenvalue weighted by Gasteiger charge is 2.39. The van der Waals surface area contributed by atoms with Gasteiger partial charge in [0, 0.05) is 11.1 Å². The average Bonchev–Trinajstić information content (AvgIpc) is 2.29. The van der Waals surface area contributed by atoms with Crippen LogP contribution in [-0.4, -0.2) is 10.7 Å². The third-order valence-corrected chi connectivity index (χ3v) is 3.15. The molecule has 1 aliphatic rings. The van der Waals surface area contributed by atoms with E-state index in [0.29, 0.717) is 19.3 Å². The Kier molecular flexibility index (Phi) is 3.04. The van der Waals surface area contributed by atoms with Gasteiger partial charge in [-0.1, -0.05) is 30.3 Å². The van der Waals surface area contributed by atoms with Crippen LogP contribution in [0.4, 0.5) is 8.78 Å². The largest absolute Gasteiger partial charge is 0.386 e. The second kappa shape index (κ2) is 4.22.